The van der Waals surface area contributed by atoms with Crippen LogP contribution >= 0.6 is 0 Å². The Kier molecular flexibility index (Phi) is 4.88. The zero-order chi connectivity index (χ0) is 14.5. The first-order valence-electron chi connectivity index (χ1n) is 7.49. The average Bonchev–Trinajstić information content (AvgIpc) is 2.74. The first-order valence-corrected chi connectivity index (χ1v) is 7.49. The van der Waals surface area contributed by atoms with Crippen LogP contribution in [0.4, 0.5) is 11.4 Å². The number of carbonyl (C=O) groups is 1. The highest BCUT2D eigenvalue weighted by molar-refractivity contribution is 6.00. The number of ether oxygens (including phenoxy) is 1. The number of nitrogens with two attached hydrogens (primary N) is 1. The number of fused-ring (bicyclic) bond motifs is 1. The van der Waals surface area contributed by atoms with Crippen molar-refractivity contribution in [3.8, 4) is 5.75 Å². The van der Waals surface area contributed by atoms with Gasteiger partial charge in [-0.15, -0.1) is 0 Å². The quantitative estimate of drug-likeness (QED) is 0.591. The van der Waals surface area contributed by atoms with E-state index in [2.05, 4.69) is 19.2 Å². The molecule has 1 unspecified atom stereocenters. The van der Waals surface area contributed by atoms with Gasteiger partial charge in [0.05, 0.1) is 18.2 Å². The first kappa shape index (κ1) is 14.7. The minimum atomic E-state index is 0.0177. The molecular formula is C16H24N2O2. The Morgan fingerprint density at radius 1 is 1.35 bits per heavy atom. The van der Waals surface area contributed by atoms with Crippen molar-refractivity contribution < 1.29 is 9.53 Å². The number of benzene rings is 1. The van der Waals surface area contributed by atoms with Crippen molar-refractivity contribution in [3.63, 3.8) is 0 Å². The molecule has 0 aromatic heterocycles. The number of nitrogens with one attached hydrogen (secondary N) is 1. The number of nitrogen functional groups attached to an aromatic ring is 1. The summed E-state index contributed by atoms with van der Waals surface area (Å²) in [5.74, 6) is 0.693. The maximum absolute atomic E-state index is 11.4. The summed E-state index contributed by atoms with van der Waals surface area (Å²) in [5, 5.41) is 2.82. The van der Waals surface area contributed by atoms with Gasteiger partial charge in [-0.05, 0) is 31.4 Å². The van der Waals surface area contributed by atoms with Crippen LogP contribution in [0.25, 0.3) is 0 Å². The first-order chi connectivity index (χ1) is 9.60. The van der Waals surface area contributed by atoms with E-state index in [9.17, 15) is 4.79 Å². The second kappa shape index (κ2) is 6.64. The molecule has 0 bridgehead atoms. The van der Waals surface area contributed by atoms with E-state index in [0.29, 0.717) is 17.9 Å². The van der Waals surface area contributed by atoms with Gasteiger partial charge in [0.25, 0.3) is 0 Å². The number of carbonyl (C=O) groups excluding carboxylic acids is 1. The smallest absolute Gasteiger partial charge is 0.228 e. The minimum Gasteiger partial charge on any atom is -0.488 e. The molecule has 0 radical (unpaired) electrons. The maximum atomic E-state index is 11.4. The second-order valence-electron chi connectivity index (χ2n) is 5.55. The van der Waals surface area contributed by atoms with Gasteiger partial charge in [0.1, 0.15) is 5.75 Å². The molecule has 1 aromatic rings. The zero-order valence-electron chi connectivity index (χ0n) is 12.4. The molecule has 4 nitrogen and oxygen atoms in total. The molecule has 1 atom stereocenters. The van der Waals surface area contributed by atoms with E-state index in [4.69, 9.17) is 10.5 Å². The Morgan fingerprint density at radius 2 is 2.15 bits per heavy atom. The lowest BCUT2D eigenvalue weighted by Gasteiger charge is -2.17. The van der Waals surface area contributed by atoms with Gasteiger partial charge >= 0.3 is 0 Å². The van der Waals surface area contributed by atoms with Gasteiger partial charge in [0, 0.05) is 11.8 Å². The van der Waals surface area contributed by atoms with Crippen molar-refractivity contribution in [2.24, 2.45) is 0 Å². The molecule has 0 saturated heterocycles. The molecule has 4 heteroatoms. The highest BCUT2D eigenvalue weighted by Gasteiger charge is 2.20. The summed E-state index contributed by atoms with van der Waals surface area (Å²) in [5.41, 5.74) is 8.40. The Hall–Kier alpha value is -1.71. The average molecular weight is 276 g/mol. The molecule has 20 heavy (non-hydrogen) atoms. The SMILES string of the molecule is CCCCCCC(C)Oc1cc2c(cc1N)CC(=O)N2. The number of amides is 1. The lowest BCUT2D eigenvalue weighted by Crippen LogP contribution is -2.13. The van der Waals surface area contributed by atoms with Crippen molar-refractivity contribution in [2.45, 2.75) is 58.5 Å². The molecule has 0 aliphatic carbocycles. The van der Waals surface area contributed by atoms with Crippen molar-refractivity contribution in [3.05, 3.63) is 17.7 Å². The largest absolute Gasteiger partial charge is 0.488 e. The van der Waals surface area contributed by atoms with Gasteiger partial charge in [-0.2, -0.15) is 0 Å². The van der Waals surface area contributed by atoms with Gasteiger partial charge < -0.3 is 15.8 Å². The predicted octanol–water partition coefficient (Wildman–Crippen LogP) is 3.50. The third-order valence-corrected chi connectivity index (χ3v) is 3.65. The van der Waals surface area contributed by atoms with Crippen LogP contribution in [-0.4, -0.2) is 12.0 Å². The van der Waals surface area contributed by atoms with Gasteiger partial charge in [-0.1, -0.05) is 26.2 Å². The number of unbranched alkanes of at least 4 members (excludes halogenated alkanes) is 3. The van der Waals surface area contributed by atoms with Crippen LogP contribution in [0.3, 0.4) is 0 Å². The van der Waals surface area contributed by atoms with Crippen LogP contribution in [0.15, 0.2) is 12.1 Å². The van der Waals surface area contributed by atoms with E-state index < -0.39 is 0 Å². The fraction of sp³-hybridized carbons (Fsp3) is 0.562. The lowest BCUT2D eigenvalue weighted by molar-refractivity contribution is -0.115. The van der Waals surface area contributed by atoms with Gasteiger partial charge in [0.15, 0.2) is 0 Å². The zero-order valence-corrected chi connectivity index (χ0v) is 12.4. The summed E-state index contributed by atoms with van der Waals surface area (Å²) < 4.78 is 5.91. The van der Waals surface area contributed by atoms with Crippen LogP contribution < -0.4 is 15.8 Å². The minimum absolute atomic E-state index is 0.0177. The van der Waals surface area contributed by atoms with Crippen LogP contribution in [0.5, 0.6) is 5.75 Å². The van der Waals surface area contributed by atoms with E-state index in [-0.39, 0.29) is 12.0 Å². The lowest BCUT2D eigenvalue weighted by atomic mass is 10.1. The molecule has 3 N–H and O–H groups in total. The van der Waals surface area contributed by atoms with E-state index in [1.54, 1.807) is 0 Å². The van der Waals surface area contributed by atoms with Crippen molar-refractivity contribution >= 4 is 17.3 Å². The highest BCUT2D eigenvalue weighted by atomic mass is 16.5. The Labute approximate surface area is 120 Å². The number of rotatable bonds is 7. The summed E-state index contributed by atoms with van der Waals surface area (Å²) >= 11 is 0. The van der Waals surface area contributed by atoms with E-state index in [0.717, 1.165) is 17.7 Å². The molecule has 0 fully saturated rings. The van der Waals surface area contributed by atoms with Gasteiger partial charge in [-0.3, -0.25) is 4.79 Å². The van der Waals surface area contributed by atoms with Crippen molar-refractivity contribution in [2.75, 3.05) is 11.1 Å². The van der Waals surface area contributed by atoms with E-state index in [1.165, 1.54) is 25.7 Å². The van der Waals surface area contributed by atoms with Crippen molar-refractivity contribution in [1.29, 1.82) is 0 Å². The van der Waals surface area contributed by atoms with Crippen molar-refractivity contribution in [1.82, 2.24) is 0 Å². The third-order valence-electron chi connectivity index (χ3n) is 3.65. The Morgan fingerprint density at radius 3 is 2.90 bits per heavy atom. The van der Waals surface area contributed by atoms with Gasteiger partial charge in [0.2, 0.25) is 5.91 Å². The summed E-state index contributed by atoms with van der Waals surface area (Å²) in [7, 11) is 0. The van der Waals surface area contributed by atoms with Crippen LogP contribution in [0.1, 0.15) is 51.5 Å². The fourth-order valence-corrected chi connectivity index (χ4v) is 2.51. The molecule has 1 amide bonds. The third kappa shape index (κ3) is 3.65. The Bertz CT molecular complexity index is 486. The topological polar surface area (TPSA) is 64.3 Å². The molecule has 1 aliphatic heterocycles. The summed E-state index contributed by atoms with van der Waals surface area (Å²) in [6.07, 6.45) is 6.53. The number of hydrogen-bond acceptors (Lipinski definition) is 3. The summed E-state index contributed by atoms with van der Waals surface area (Å²) in [4.78, 5) is 11.4. The molecule has 1 aromatic carbocycles. The number of anilines is 2. The maximum Gasteiger partial charge on any atom is 0.228 e. The van der Waals surface area contributed by atoms with E-state index >= 15 is 0 Å². The molecule has 110 valence electrons. The fourth-order valence-electron chi connectivity index (χ4n) is 2.51. The molecule has 1 aliphatic rings. The molecule has 0 spiro atoms. The number of hydrogen-bond donors (Lipinski definition) is 2. The van der Waals surface area contributed by atoms with Gasteiger partial charge in [-0.25, -0.2) is 0 Å². The summed E-state index contributed by atoms with van der Waals surface area (Å²) in [6.45, 7) is 4.27. The monoisotopic (exact) mass is 276 g/mol. The van der Waals surface area contributed by atoms with E-state index in [1.807, 2.05) is 12.1 Å². The molecule has 1 heterocycles. The second-order valence-corrected chi connectivity index (χ2v) is 5.55. The standard InChI is InChI=1S/C16H24N2O2/c1-3-4-5-6-7-11(2)20-15-10-14-12(8-13(15)17)9-16(19)18-14/h8,10-11H,3-7,9,17H2,1-2H3,(H,18,19). The van der Waals surface area contributed by atoms with Crippen LogP contribution in [0, 0.1) is 0 Å². The van der Waals surface area contributed by atoms with Crippen LogP contribution in [0.2, 0.25) is 0 Å². The molecular weight excluding hydrogens is 252 g/mol. The molecule has 2 rings (SSSR count). The Balaban J connectivity index is 1.93. The molecule has 0 saturated carbocycles. The summed E-state index contributed by atoms with van der Waals surface area (Å²) in [6, 6.07) is 3.68. The predicted molar refractivity (Wildman–Crippen MR) is 82.0 cm³/mol. The highest BCUT2D eigenvalue weighted by Crippen LogP contribution is 2.33. The van der Waals surface area contributed by atoms with Crippen LogP contribution in [-0.2, 0) is 11.2 Å². The normalized spacial score (nSPS) is 14.8.